The van der Waals surface area contributed by atoms with Crippen LogP contribution in [0.15, 0.2) is 46.2 Å². The Labute approximate surface area is 210 Å². The molecule has 0 bridgehead atoms. The number of thiophene rings is 1. The number of rotatable bonds is 4. The van der Waals surface area contributed by atoms with Gasteiger partial charge in [0.2, 0.25) is 20.0 Å². The Morgan fingerprint density at radius 3 is 1.34 bits per heavy atom. The van der Waals surface area contributed by atoms with E-state index in [0.717, 1.165) is 20.2 Å². The van der Waals surface area contributed by atoms with Gasteiger partial charge in [0.15, 0.2) is 0 Å². The Morgan fingerprint density at radius 2 is 1.00 bits per heavy atom. The second-order valence-corrected chi connectivity index (χ2v) is 14.5. The molecule has 0 radical (unpaired) electrons. The molecule has 0 amide bonds. The minimum atomic E-state index is -3.72. The average molecular weight is 539 g/mol. The van der Waals surface area contributed by atoms with Crippen LogP contribution in [-0.2, 0) is 29.5 Å². The molecule has 2 aliphatic heterocycles. The maximum Gasteiger partial charge on any atom is 0.243 e. The summed E-state index contributed by atoms with van der Waals surface area (Å²) in [4.78, 5) is 0.408. The number of hydrogen-bond acceptors (Lipinski definition) is 7. The van der Waals surface area contributed by atoms with Crippen LogP contribution in [0.1, 0.15) is 27.7 Å². The number of hydrogen-bond donors (Lipinski definition) is 0. The predicted octanol–water partition coefficient (Wildman–Crippen LogP) is 3.65. The SMILES string of the molecule is C[C@@H]1CN(S(=O)(=O)c2ccc3sc4ccc(S(=O)(=O)N5C[C@@H](C)O[C@@H](C)C5)cc4c3c2)C[C@@H](C)O1. The molecule has 0 unspecified atom stereocenters. The van der Waals surface area contributed by atoms with Gasteiger partial charge in [-0.05, 0) is 64.1 Å². The quantitative estimate of drug-likeness (QED) is 0.504. The molecule has 3 aromatic rings. The van der Waals surface area contributed by atoms with Crippen LogP contribution < -0.4 is 0 Å². The van der Waals surface area contributed by atoms with Crippen molar-refractivity contribution in [3.8, 4) is 0 Å². The molecule has 35 heavy (non-hydrogen) atoms. The molecule has 11 heteroatoms. The molecular formula is C24H30N2O6S3. The van der Waals surface area contributed by atoms with Crippen molar-refractivity contribution in [1.29, 1.82) is 0 Å². The minimum Gasteiger partial charge on any atom is -0.373 e. The van der Waals surface area contributed by atoms with Crippen LogP contribution in [0, 0.1) is 0 Å². The first-order valence-electron chi connectivity index (χ1n) is 11.7. The molecule has 0 spiro atoms. The van der Waals surface area contributed by atoms with Crippen LogP contribution in [0.25, 0.3) is 20.2 Å². The minimum absolute atomic E-state index is 0.183. The maximum atomic E-state index is 13.4. The van der Waals surface area contributed by atoms with Gasteiger partial charge < -0.3 is 9.47 Å². The van der Waals surface area contributed by atoms with E-state index in [1.54, 1.807) is 36.4 Å². The number of sulfonamides is 2. The summed E-state index contributed by atoms with van der Waals surface area (Å²) in [6, 6.07) is 10.2. The van der Waals surface area contributed by atoms with E-state index in [2.05, 4.69) is 0 Å². The van der Waals surface area contributed by atoms with Gasteiger partial charge in [0.05, 0.1) is 34.2 Å². The molecular weight excluding hydrogens is 508 g/mol. The lowest BCUT2D eigenvalue weighted by atomic mass is 10.1. The molecule has 0 aliphatic carbocycles. The Morgan fingerprint density at radius 1 is 0.657 bits per heavy atom. The average Bonchev–Trinajstić information content (AvgIpc) is 3.15. The third-order valence-corrected chi connectivity index (χ3v) is 11.3. The lowest BCUT2D eigenvalue weighted by molar-refractivity contribution is -0.0442. The summed E-state index contributed by atoms with van der Waals surface area (Å²) in [6.07, 6.45) is -0.731. The van der Waals surface area contributed by atoms with Crippen molar-refractivity contribution >= 4 is 51.6 Å². The summed E-state index contributed by atoms with van der Waals surface area (Å²) >= 11 is 1.52. The van der Waals surface area contributed by atoms with Crippen molar-refractivity contribution in [2.45, 2.75) is 61.9 Å². The fourth-order valence-corrected chi connectivity index (χ4v) is 9.31. The highest BCUT2D eigenvalue weighted by molar-refractivity contribution is 7.89. The fourth-order valence-electron chi connectivity index (χ4n) is 5.01. The Hall–Kier alpha value is -1.60. The van der Waals surface area contributed by atoms with Crippen molar-refractivity contribution in [3.63, 3.8) is 0 Å². The van der Waals surface area contributed by atoms with Crippen molar-refractivity contribution in [1.82, 2.24) is 8.61 Å². The van der Waals surface area contributed by atoms with Gasteiger partial charge >= 0.3 is 0 Å². The van der Waals surface area contributed by atoms with Gasteiger partial charge in [-0.1, -0.05) is 0 Å². The van der Waals surface area contributed by atoms with E-state index in [9.17, 15) is 16.8 Å². The van der Waals surface area contributed by atoms with E-state index in [0.29, 0.717) is 26.2 Å². The van der Waals surface area contributed by atoms with Gasteiger partial charge in [-0.25, -0.2) is 16.8 Å². The van der Waals surface area contributed by atoms with Crippen LogP contribution in [0.2, 0.25) is 0 Å². The standard InChI is InChI=1S/C24H30N2O6S3/c1-15-11-25(12-16(2)31-15)34(27,28)19-5-7-23-21(9-19)22-10-20(6-8-24(22)33-23)35(29,30)26-13-17(3)32-18(4)14-26/h5-10,15-18H,11-14H2,1-4H3/t15-,16-,17-,18+/m1/s1. The third kappa shape index (κ3) is 4.63. The van der Waals surface area contributed by atoms with Gasteiger partial charge in [0.1, 0.15) is 0 Å². The summed E-state index contributed by atoms with van der Waals surface area (Å²) in [7, 11) is -7.43. The van der Waals surface area contributed by atoms with Gasteiger partial charge in [-0.15, -0.1) is 11.3 Å². The topological polar surface area (TPSA) is 93.2 Å². The zero-order chi connectivity index (χ0) is 25.1. The number of benzene rings is 2. The molecule has 5 rings (SSSR count). The maximum absolute atomic E-state index is 13.4. The van der Waals surface area contributed by atoms with Crippen LogP contribution in [0.4, 0.5) is 0 Å². The first-order valence-corrected chi connectivity index (χ1v) is 15.4. The molecule has 2 aliphatic rings. The van der Waals surface area contributed by atoms with Crippen LogP contribution in [0.5, 0.6) is 0 Å². The number of morpholine rings is 2. The highest BCUT2D eigenvalue weighted by atomic mass is 32.2. The van der Waals surface area contributed by atoms with E-state index in [4.69, 9.17) is 9.47 Å². The van der Waals surface area contributed by atoms with Crippen LogP contribution in [0.3, 0.4) is 0 Å². The smallest absolute Gasteiger partial charge is 0.243 e. The molecule has 2 saturated heterocycles. The van der Waals surface area contributed by atoms with E-state index >= 15 is 0 Å². The Bertz CT molecular complexity index is 1350. The molecule has 0 N–H and O–H groups in total. The molecule has 3 heterocycles. The second-order valence-electron chi connectivity index (χ2n) is 9.58. The van der Waals surface area contributed by atoms with Crippen molar-refractivity contribution in [3.05, 3.63) is 36.4 Å². The summed E-state index contributed by atoms with van der Waals surface area (Å²) < 4.78 is 69.9. The summed E-state index contributed by atoms with van der Waals surface area (Å²) in [5.41, 5.74) is 0. The highest BCUT2D eigenvalue weighted by Crippen LogP contribution is 2.37. The van der Waals surface area contributed by atoms with E-state index in [1.165, 1.54) is 19.9 Å². The van der Waals surface area contributed by atoms with Gasteiger partial charge in [-0.3, -0.25) is 0 Å². The molecule has 8 nitrogen and oxygen atoms in total. The van der Waals surface area contributed by atoms with Gasteiger partial charge in [0.25, 0.3) is 0 Å². The molecule has 4 atom stereocenters. The third-order valence-electron chi connectivity index (χ3n) is 6.46. The van der Waals surface area contributed by atoms with Crippen LogP contribution in [-0.4, -0.2) is 76.0 Å². The van der Waals surface area contributed by atoms with Gasteiger partial charge in [-0.2, -0.15) is 8.61 Å². The van der Waals surface area contributed by atoms with Crippen molar-refractivity contribution in [2.24, 2.45) is 0 Å². The lowest BCUT2D eigenvalue weighted by Crippen LogP contribution is -2.48. The monoisotopic (exact) mass is 538 g/mol. The second kappa shape index (κ2) is 9.05. The summed E-state index contributed by atoms with van der Waals surface area (Å²) in [6.45, 7) is 8.66. The fraction of sp³-hybridized carbons (Fsp3) is 0.500. The van der Waals surface area contributed by atoms with Gasteiger partial charge in [0, 0.05) is 46.4 Å². The first-order chi connectivity index (χ1) is 16.4. The van der Waals surface area contributed by atoms with Crippen molar-refractivity contribution < 1.29 is 26.3 Å². The molecule has 2 fully saturated rings. The zero-order valence-corrected chi connectivity index (χ0v) is 22.6. The number of fused-ring (bicyclic) bond motifs is 3. The lowest BCUT2D eigenvalue weighted by Gasteiger charge is -2.34. The predicted molar refractivity (Wildman–Crippen MR) is 137 cm³/mol. The summed E-state index contributed by atoms with van der Waals surface area (Å²) in [5.74, 6) is 0. The van der Waals surface area contributed by atoms with Crippen LogP contribution >= 0.6 is 11.3 Å². The Balaban J connectivity index is 1.56. The van der Waals surface area contributed by atoms with E-state index < -0.39 is 20.0 Å². The summed E-state index contributed by atoms with van der Waals surface area (Å²) in [5, 5.41) is 1.47. The molecule has 1 aromatic heterocycles. The zero-order valence-electron chi connectivity index (χ0n) is 20.2. The largest absolute Gasteiger partial charge is 0.373 e. The first kappa shape index (κ1) is 25.1. The van der Waals surface area contributed by atoms with Crippen molar-refractivity contribution in [2.75, 3.05) is 26.2 Å². The molecule has 190 valence electrons. The van der Waals surface area contributed by atoms with E-state index in [-0.39, 0.29) is 34.2 Å². The van der Waals surface area contributed by atoms with E-state index in [1.807, 2.05) is 27.7 Å². The molecule has 2 aromatic carbocycles. The Kier molecular flexibility index (Phi) is 6.48. The number of nitrogens with zero attached hydrogens (tertiary/aromatic N) is 2. The normalized spacial score (nSPS) is 27.5. The molecule has 0 saturated carbocycles. The highest BCUT2D eigenvalue weighted by Gasteiger charge is 2.34. The number of ether oxygens (including phenoxy) is 2.